The molecule has 2 atom stereocenters. The van der Waals surface area contributed by atoms with E-state index in [9.17, 15) is 9.59 Å². The van der Waals surface area contributed by atoms with Crippen molar-refractivity contribution in [2.75, 3.05) is 44.5 Å². The quantitative estimate of drug-likeness (QED) is 0.321. The minimum atomic E-state index is -0.476. The summed E-state index contributed by atoms with van der Waals surface area (Å²) in [7, 11) is 0. The highest BCUT2D eigenvalue weighted by Crippen LogP contribution is 2.28. The van der Waals surface area contributed by atoms with Crippen LogP contribution in [0.3, 0.4) is 0 Å². The van der Waals surface area contributed by atoms with Crippen molar-refractivity contribution in [2.24, 2.45) is 5.92 Å². The number of carbonyl (C=O) groups excluding carboxylic acids is 2. The summed E-state index contributed by atoms with van der Waals surface area (Å²) in [5.74, 6) is 3.30. The van der Waals surface area contributed by atoms with E-state index in [1.807, 2.05) is 54.6 Å². The fourth-order valence-corrected chi connectivity index (χ4v) is 7.40. The molecule has 10 heteroatoms. The minimum Gasteiger partial charge on any atom is -0.457 e. The molecule has 1 saturated carbocycles. The molecular weight excluding hydrogens is 581 g/mol. The van der Waals surface area contributed by atoms with Crippen LogP contribution in [0.1, 0.15) is 50.5 Å². The SMILES string of the molecule is O=C(N[C@H](CCC1CCCCC1)C(=S)NCc1ccc(Oc2ccccc2)cc1)[C@@H]1CSCN1C(=O)CN1CCOCC1. The molecular formula is C33H44N4O4S2. The zero-order valence-corrected chi connectivity index (χ0v) is 26.5. The van der Waals surface area contributed by atoms with Crippen molar-refractivity contribution in [3.63, 3.8) is 0 Å². The Morgan fingerprint density at radius 3 is 2.47 bits per heavy atom. The lowest BCUT2D eigenvalue weighted by Crippen LogP contribution is -2.55. The van der Waals surface area contributed by atoms with E-state index in [1.54, 1.807) is 16.7 Å². The van der Waals surface area contributed by atoms with Gasteiger partial charge in [0.1, 0.15) is 17.5 Å². The van der Waals surface area contributed by atoms with E-state index in [2.05, 4.69) is 15.5 Å². The second-order valence-electron chi connectivity index (χ2n) is 11.7. The molecule has 2 aromatic rings. The molecule has 2 heterocycles. The highest BCUT2D eigenvalue weighted by atomic mass is 32.2. The average Bonchev–Trinajstić information content (AvgIpc) is 3.55. The molecule has 0 bridgehead atoms. The topological polar surface area (TPSA) is 83.1 Å². The van der Waals surface area contributed by atoms with Crippen LogP contribution in [-0.4, -0.2) is 83.2 Å². The number of benzene rings is 2. The van der Waals surface area contributed by atoms with E-state index in [-0.39, 0.29) is 17.9 Å². The molecule has 2 aromatic carbocycles. The normalized spacial score (nSPS) is 20.4. The Morgan fingerprint density at radius 2 is 1.72 bits per heavy atom. The van der Waals surface area contributed by atoms with E-state index >= 15 is 0 Å². The number of nitrogens with zero attached hydrogens (tertiary/aromatic N) is 2. The van der Waals surface area contributed by atoms with E-state index in [0.717, 1.165) is 43.0 Å². The standard InChI is InChI=1S/C33H44N4O4S2/c38-31(22-36-17-19-40-20-18-36)37-24-43-23-30(37)32(39)35-29(16-13-25-7-3-1-4-8-25)33(42)34-21-26-11-14-28(15-12-26)41-27-9-5-2-6-10-27/h2,5-6,9-12,14-15,25,29-30H,1,3-4,7-8,13,16-24H2,(H,34,42)(H,35,39)/t29-,30+/m1/s1. The molecule has 0 unspecified atom stereocenters. The smallest absolute Gasteiger partial charge is 0.244 e. The summed E-state index contributed by atoms with van der Waals surface area (Å²) in [6.45, 7) is 3.66. The Bertz CT molecular complexity index is 1190. The van der Waals surface area contributed by atoms with Crippen molar-refractivity contribution in [1.82, 2.24) is 20.4 Å². The number of nitrogens with one attached hydrogen (secondary N) is 2. The third kappa shape index (κ3) is 9.66. The maximum atomic E-state index is 13.6. The van der Waals surface area contributed by atoms with Gasteiger partial charge in [0, 0.05) is 25.4 Å². The van der Waals surface area contributed by atoms with Crippen LogP contribution in [-0.2, 0) is 20.9 Å². The summed E-state index contributed by atoms with van der Waals surface area (Å²) in [5.41, 5.74) is 1.08. The molecule has 2 N–H and O–H groups in total. The number of thiocarbonyl (C=S) groups is 1. The number of rotatable bonds is 12. The van der Waals surface area contributed by atoms with Crippen molar-refractivity contribution in [1.29, 1.82) is 0 Å². The summed E-state index contributed by atoms with van der Waals surface area (Å²) >= 11 is 7.51. The predicted octanol–water partition coefficient (Wildman–Crippen LogP) is 4.97. The summed E-state index contributed by atoms with van der Waals surface area (Å²) in [5, 5.41) is 6.67. The van der Waals surface area contributed by atoms with Gasteiger partial charge < -0.3 is 25.0 Å². The van der Waals surface area contributed by atoms with Crippen molar-refractivity contribution >= 4 is 40.8 Å². The first kappa shape index (κ1) is 31.8. The van der Waals surface area contributed by atoms with Gasteiger partial charge in [-0.05, 0) is 48.6 Å². The molecule has 2 amide bonds. The number of hydrogen-bond acceptors (Lipinski definition) is 7. The maximum Gasteiger partial charge on any atom is 0.244 e. The average molecular weight is 625 g/mol. The van der Waals surface area contributed by atoms with Gasteiger partial charge in [-0.1, -0.05) is 74.7 Å². The number of amides is 2. The lowest BCUT2D eigenvalue weighted by atomic mass is 9.85. The van der Waals surface area contributed by atoms with Gasteiger partial charge in [-0.2, -0.15) is 0 Å². The summed E-state index contributed by atoms with van der Waals surface area (Å²) in [4.78, 5) is 31.3. The molecule has 2 aliphatic heterocycles. The van der Waals surface area contributed by atoms with Gasteiger partial charge in [-0.15, -0.1) is 11.8 Å². The molecule has 3 fully saturated rings. The molecule has 0 spiro atoms. The number of morpholine rings is 1. The predicted molar refractivity (Wildman–Crippen MR) is 175 cm³/mol. The van der Waals surface area contributed by atoms with Gasteiger partial charge in [0.05, 0.1) is 36.7 Å². The first-order valence-electron chi connectivity index (χ1n) is 15.6. The van der Waals surface area contributed by atoms with Crippen molar-refractivity contribution in [3.05, 3.63) is 60.2 Å². The van der Waals surface area contributed by atoms with Gasteiger partial charge in [-0.25, -0.2) is 0 Å². The van der Waals surface area contributed by atoms with Gasteiger partial charge in [-0.3, -0.25) is 14.5 Å². The Morgan fingerprint density at radius 1 is 1.00 bits per heavy atom. The highest BCUT2D eigenvalue weighted by Gasteiger charge is 2.36. The summed E-state index contributed by atoms with van der Waals surface area (Å²) in [6.07, 6.45) is 8.23. The fraction of sp³-hybridized carbons (Fsp3) is 0.545. The van der Waals surface area contributed by atoms with E-state index in [4.69, 9.17) is 21.7 Å². The number of carbonyl (C=O) groups is 2. The van der Waals surface area contributed by atoms with Crippen LogP contribution in [0, 0.1) is 5.92 Å². The van der Waals surface area contributed by atoms with E-state index < -0.39 is 6.04 Å². The summed E-state index contributed by atoms with van der Waals surface area (Å²) in [6, 6.07) is 16.9. The number of para-hydroxylation sites is 1. The van der Waals surface area contributed by atoms with Crippen LogP contribution in [0.5, 0.6) is 11.5 Å². The minimum absolute atomic E-state index is 0.00574. The van der Waals surface area contributed by atoms with E-state index in [1.165, 1.54) is 32.1 Å². The Balaban J connectivity index is 1.17. The molecule has 8 nitrogen and oxygen atoms in total. The Kier molecular flexibility index (Phi) is 12.1. The van der Waals surface area contributed by atoms with Crippen LogP contribution in [0.2, 0.25) is 0 Å². The first-order valence-corrected chi connectivity index (χ1v) is 17.2. The number of thioether (sulfide) groups is 1. The monoisotopic (exact) mass is 624 g/mol. The molecule has 5 rings (SSSR count). The molecule has 0 aromatic heterocycles. The fourth-order valence-electron chi connectivity index (χ4n) is 5.97. The molecule has 0 radical (unpaired) electrons. The zero-order valence-electron chi connectivity index (χ0n) is 24.9. The summed E-state index contributed by atoms with van der Waals surface area (Å²) < 4.78 is 11.3. The second kappa shape index (κ2) is 16.4. The maximum absolute atomic E-state index is 13.6. The van der Waals surface area contributed by atoms with Gasteiger partial charge in [0.15, 0.2) is 0 Å². The van der Waals surface area contributed by atoms with E-state index in [0.29, 0.717) is 48.8 Å². The second-order valence-corrected chi connectivity index (χ2v) is 13.1. The van der Waals surface area contributed by atoms with Gasteiger partial charge in [0.25, 0.3) is 0 Å². The number of ether oxygens (including phenoxy) is 2. The van der Waals surface area contributed by atoms with Gasteiger partial charge in [0.2, 0.25) is 11.8 Å². The van der Waals surface area contributed by atoms with Crippen molar-refractivity contribution < 1.29 is 19.1 Å². The van der Waals surface area contributed by atoms with Crippen LogP contribution in [0.4, 0.5) is 0 Å². The molecule has 3 aliphatic rings. The van der Waals surface area contributed by atoms with Crippen molar-refractivity contribution in [3.8, 4) is 11.5 Å². The Hall–Kier alpha value is -2.66. The van der Waals surface area contributed by atoms with Crippen LogP contribution in [0.25, 0.3) is 0 Å². The van der Waals surface area contributed by atoms with Gasteiger partial charge >= 0.3 is 0 Å². The zero-order chi connectivity index (χ0) is 29.9. The largest absolute Gasteiger partial charge is 0.457 e. The third-order valence-corrected chi connectivity index (χ3v) is 10.00. The lowest BCUT2D eigenvalue weighted by molar-refractivity contribution is -0.139. The third-order valence-electron chi connectivity index (χ3n) is 8.56. The molecule has 232 valence electrons. The molecule has 2 saturated heterocycles. The van der Waals surface area contributed by atoms with Crippen molar-refractivity contribution in [2.45, 2.75) is 63.6 Å². The Labute approximate surface area is 265 Å². The number of hydrogen-bond donors (Lipinski definition) is 2. The van der Waals surface area contributed by atoms with Crippen LogP contribution < -0.4 is 15.4 Å². The lowest BCUT2D eigenvalue weighted by Gasteiger charge is -2.31. The molecule has 43 heavy (non-hydrogen) atoms. The van der Waals surface area contributed by atoms with Crippen LogP contribution in [0.15, 0.2) is 54.6 Å². The first-order chi connectivity index (χ1) is 21.0. The molecule has 1 aliphatic carbocycles. The highest BCUT2D eigenvalue weighted by molar-refractivity contribution is 7.99. The van der Waals surface area contributed by atoms with Crippen LogP contribution >= 0.6 is 24.0 Å².